The second kappa shape index (κ2) is 9.11. The molecule has 5 heteroatoms. The number of amides is 1. The van der Waals surface area contributed by atoms with Gasteiger partial charge in [0, 0.05) is 24.4 Å². The summed E-state index contributed by atoms with van der Waals surface area (Å²) in [5.41, 5.74) is 1.80. The number of hydrogen-bond donors (Lipinski definition) is 1. The zero-order valence-corrected chi connectivity index (χ0v) is 15.2. The van der Waals surface area contributed by atoms with Gasteiger partial charge in [0.05, 0.1) is 11.3 Å². The highest BCUT2D eigenvalue weighted by Gasteiger charge is 2.25. The van der Waals surface area contributed by atoms with Crippen molar-refractivity contribution in [3.63, 3.8) is 0 Å². The fourth-order valence-corrected chi connectivity index (χ4v) is 3.42. The number of nitrogens with one attached hydrogen (secondary N) is 1. The summed E-state index contributed by atoms with van der Waals surface area (Å²) < 4.78 is 0. The summed E-state index contributed by atoms with van der Waals surface area (Å²) in [5, 5.41) is 11.9. The summed E-state index contributed by atoms with van der Waals surface area (Å²) in [7, 11) is 0. The first kappa shape index (κ1) is 18.8. The Morgan fingerprint density at radius 1 is 1.04 bits per heavy atom. The normalized spacial score (nSPS) is 15.1. The number of anilines is 1. The minimum absolute atomic E-state index is 0.0694. The molecular weight excluding hydrogens is 338 g/mol. The van der Waals surface area contributed by atoms with E-state index in [1.54, 1.807) is 24.3 Å². The lowest BCUT2D eigenvalue weighted by Crippen LogP contribution is -2.38. The highest BCUT2D eigenvalue weighted by atomic mass is 16.1. The van der Waals surface area contributed by atoms with Crippen LogP contribution in [0.25, 0.3) is 0 Å². The van der Waals surface area contributed by atoms with Gasteiger partial charge in [-0.05, 0) is 38.1 Å². The number of Topliss-reactive ketones (excluding diaryl/α,β-unsaturated/α-hetero) is 1. The third-order valence-corrected chi connectivity index (χ3v) is 4.99. The van der Waals surface area contributed by atoms with Crippen molar-refractivity contribution in [1.29, 1.82) is 5.26 Å². The number of nitrogens with zero attached hydrogens (tertiary/aromatic N) is 2. The van der Waals surface area contributed by atoms with Gasteiger partial charge < -0.3 is 10.2 Å². The molecule has 2 aromatic rings. The molecule has 0 radical (unpaired) electrons. The molecule has 0 spiro atoms. The molecule has 2 aromatic carbocycles. The van der Waals surface area contributed by atoms with Crippen molar-refractivity contribution in [1.82, 2.24) is 4.90 Å². The maximum atomic E-state index is 12.5. The largest absolute Gasteiger partial charge is 0.325 e. The van der Waals surface area contributed by atoms with E-state index >= 15 is 0 Å². The van der Waals surface area contributed by atoms with E-state index in [0.717, 1.165) is 31.5 Å². The predicted molar refractivity (Wildman–Crippen MR) is 104 cm³/mol. The Balaban J connectivity index is 1.44. The molecule has 138 valence electrons. The molecule has 0 atom stereocenters. The highest BCUT2D eigenvalue weighted by Crippen LogP contribution is 2.22. The quantitative estimate of drug-likeness (QED) is 0.800. The average Bonchev–Trinajstić information content (AvgIpc) is 2.73. The van der Waals surface area contributed by atoms with Crippen molar-refractivity contribution in [3.8, 4) is 6.07 Å². The van der Waals surface area contributed by atoms with Crippen molar-refractivity contribution in [2.45, 2.75) is 19.3 Å². The zero-order chi connectivity index (χ0) is 19.1. The maximum absolute atomic E-state index is 12.5. The van der Waals surface area contributed by atoms with Crippen LogP contribution in [0.2, 0.25) is 0 Å². The van der Waals surface area contributed by atoms with Gasteiger partial charge in [0.25, 0.3) is 0 Å². The fraction of sp³-hybridized carbons (Fsp3) is 0.318. The number of likely N-dealkylation sites (tertiary alicyclic amines) is 1. The molecule has 1 aliphatic heterocycles. The molecule has 0 saturated carbocycles. The molecule has 1 amide bonds. The van der Waals surface area contributed by atoms with Gasteiger partial charge in [0.2, 0.25) is 5.91 Å². The zero-order valence-electron chi connectivity index (χ0n) is 15.2. The molecule has 27 heavy (non-hydrogen) atoms. The summed E-state index contributed by atoms with van der Waals surface area (Å²) in [6.07, 6.45) is 2.02. The molecule has 0 aromatic heterocycles. The van der Waals surface area contributed by atoms with E-state index in [9.17, 15) is 9.59 Å². The first-order valence-corrected chi connectivity index (χ1v) is 9.28. The van der Waals surface area contributed by atoms with Crippen LogP contribution in [0, 0.1) is 17.2 Å². The summed E-state index contributed by atoms with van der Waals surface area (Å²) in [6, 6.07) is 18.5. The summed E-state index contributed by atoms with van der Waals surface area (Å²) in [4.78, 5) is 26.9. The minimum Gasteiger partial charge on any atom is -0.325 e. The summed E-state index contributed by atoms with van der Waals surface area (Å²) in [5.74, 6) is 0.196. The molecule has 1 heterocycles. The smallest absolute Gasteiger partial charge is 0.225 e. The van der Waals surface area contributed by atoms with Gasteiger partial charge in [-0.25, -0.2) is 0 Å². The highest BCUT2D eigenvalue weighted by molar-refractivity contribution is 5.97. The van der Waals surface area contributed by atoms with E-state index in [0.29, 0.717) is 24.2 Å². The van der Waals surface area contributed by atoms with Crippen molar-refractivity contribution in [2.75, 3.05) is 25.0 Å². The topological polar surface area (TPSA) is 73.2 Å². The van der Waals surface area contributed by atoms with Gasteiger partial charge in [0.15, 0.2) is 5.78 Å². The van der Waals surface area contributed by atoms with Crippen LogP contribution in [-0.2, 0) is 4.79 Å². The number of rotatable bonds is 6. The van der Waals surface area contributed by atoms with Crippen LogP contribution in [0.3, 0.4) is 0 Å². The molecule has 0 bridgehead atoms. The van der Waals surface area contributed by atoms with Crippen molar-refractivity contribution in [2.24, 2.45) is 5.92 Å². The SMILES string of the molecule is N#Cc1ccccc1NC(=O)CCN1CCC(C(=O)c2ccccc2)CC1. The van der Waals surface area contributed by atoms with Gasteiger partial charge in [-0.1, -0.05) is 42.5 Å². The molecule has 5 nitrogen and oxygen atoms in total. The number of nitriles is 1. The molecule has 1 saturated heterocycles. The van der Waals surface area contributed by atoms with Crippen LogP contribution in [0.5, 0.6) is 0 Å². The minimum atomic E-state index is -0.0971. The number of benzene rings is 2. The number of piperidine rings is 1. The second-order valence-corrected chi connectivity index (χ2v) is 6.80. The van der Waals surface area contributed by atoms with Crippen molar-refractivity contribution >= 4 is 17.4 Å². The third kappa shape index (κ3) is 5.02. The summed E-state index contributed by atoms with van der Waals surface area (Å²) in [6.45, 7) is 2.31. The Morgan fingerprint density at radius 2 is 1.70 bits per heavy atom. The van der Waals surface area contributed by atoms with Crippen LogP contribution in [-0.4, -0.2) is 36.2 Å². The van der Waals surface area contributed by atoms with Crippen molar-refractivity contribution in [3.05, 3.63) is 65.7 Å². The van der Waals surface area contributed by atoms with E-state index < -0.39 is 0 Å². The maximum Gasteiger partial charge on any atom is 0.225 e. The lowest BCUT2D eigenvalue weighted by Gasteiger charge is -2.31. The number of para-hydroxylation sites is 1. The molecule has 1 aliphatic rings. The monoisotopic (exact) mass is 361 g/mol. The van der Waals surface area contributed by atoms with E-state index in [-0.39, 0.29) is 17.6 Å². The van der Waals surface area contributed by atoms with Crippen LogP contribution in [0.15, 0.2) is 54.6 Å². The Hall–Kier alpha value is -2.97. The van der Waals surface area contributed by atoms with Gasteiger partial charge >= 0.3 is 0 Å². The average molecular weight is 361 g/mol. The molecule has 1 fully saturated rings. The Kier molecular flexibility index (Phi) is 6.35. The van der Waals surface area contributed by atoms with Crippen LogP contribution in [0.4, 0.5) is 5.69 Å². The lowest BCUT2D eigenvalue weighted by molar-refractivity contribution is -0.116. The second-order valence-electron chi connectivity index (χ2n) is 6.80. The lowest BCUT2D eigenvalue weighted by atomic mass is 9.89. The molecule has 0 unspecified atom stereocenters. The number of carbonyl (C=O) groups is 2. The Bertz CT molecular complexity index is 834. The molecule has 3 rings (SSSR count). The van der Waals surface area contributed by atoms with Crippen LogP contribution in [0.1, 0.15) is 35.2 Å². The van der Waals surface area contributed by atoms with E-state index in [1.165, 1.54) is 0 Å². The third-order valence-electron chi connectivity index (χ3n) is 4.99. The first-order chi connectivity index (χ1) is 13.2. The Morgan fingerprint density at radius 3 is 2.41 bits per heavy atom. The van der Waals surface area contributed by atoms with Crippen molar-refractivity contribution < 1.29 is 9.59 Å². The fourth-order valence-electron chi connectivity index (χ4n) is 3.42. The first-order valence-electron chi connectivity index (χ1n) is 9.28. The van der Waals surface area contributed by atoms with Crippen LogP contribution < -0.4 is 5.32 Å². The number of hydrogen-bond acceptors (Lipinski definition) is 4. The van der Waals surface area contributed by atoms with Crippen LogP contribution >= 0.6 is 0 Å². The predicted octanol–water partition coefficient (Wildman–Crippen LogP) is 3.48. The van der Waals surface area contributed by atoms with E-state index in [1.807, 2.05) is 30.3 Å². The summed E-state index contributed by atoms with van der Waals surface area (Å²) >= 11 is 0. The molecule has 1 N–H and O–H groups in total. The van der Waals surface area contributed by atoms with E-state index in [2.05, 4.69) is 16.3 Å². The van der Waals surface area contributed by atoms with Gasteiger partial charge in [-0.2, -0.15) is 5.26 Å². The van der Waals surface area contributed by atoms with Gasteiger partial charge in [-0.15, -0.1) is 0 Å². The number of ketones is 1. The molecule has 0 aliphatic carbocycles. The van der Waals surface area contributed by atoms with Gasteiger partial charge in [-0.3, -0.25) is 9.59 Å². The standard InChI is InChI=1S/C22H23N3O2/c23-16-19-8-4-5-9-20(19)24-21(26)12-15-25-13-10-18(11-14-25)22(27)17-6-2-1-3-7-17/h1-9,18H,10-15H2,(H,24,26). The Labute approximate surface area is 159 Å². The number of carbonyl (C=O) groups excluding carboxylic acids is 2. The van der Waals surface area contributed by atoms with Gasteiger partial charge in [0.1, 0.15) is 6.07 Å². The van der Waals surface area contributed by atoms with E-state index in [4.69, 9.17) is 5.26 Å². The molecular formula is C22H23N3O2.